The first-order chi connectivity index (χ1) is 15.0. The molecule has 1 amide bonds. The zero-order chi connectivity index (χ0) is 22.3. The first kappa shape index (κ1) is 23.4. The van der Waals surface area contributed by atoms with Gasteiger partial charge in [-0.25, -0.2) is 5.43 Å². The maximum atomic E-state index is 13.1. The zero-order valence-electron chi connectivity index (χ0n) is 16.5. The summed E-state index contributed by atoms with van der Waals surface area (Å²) in [5.74, 6) is 0.140. The molecule has 0 bridgehead atoms. The van der Waals surface area contributed by atoms with Crippen LogP contribution in [0.1, 0.15) is 16.7 Å². The average Bonchev–Trinajstić information content (AvgIpc) is 2.79. The number of carbonyl (C=O) groups is 1. The number of nitrogens with one attached hydrogen (secondary N) is 1. The Balaban J connectivity index is 1.84. The number of aliphatic hydroxyl groups is 1. The van der Waals surface area contributed by atoms with Crippen molar-refractivity contribution < 1.29 is 14.6 Å². The van der Waals surface area contributed by atoms with E-state index < -0.39 is 11.5 Å². The third-order valence-corrected chi connectivity index (χ3v) is 6.06. The van der Waals surface area contributed by atoms with Gasteiger partial charge in [-0.2, -0.15) is 5.10 Å². The molecule has 0 aromatic heterocycles. The molecule has 0 spiro atoms. The molecule has 0 saturated carbocycles. The normalized spacial score (nSPS) is 11.3. The van der Waals surface area contributed by atoms with Gasteiger partial charge in [0, 0.05) is 0 Å². The highest BCUT2D eigenvalue weighted by Gasteiger charge is 2.39. The number of hydrogen-bond donors (Lipinski definition) is 2. The lowest BCUT2D eigenvalue weighted by molar-refractivity contribution is -0.136. The van der Waals surface area contributed by atoms with Crippen molar-refractivity contribution in [1.29, 1.82) is 0 Å². The third-order valence-electron chi connectivity index (χ3n) is 4.46. The van der Waals surface area contributed by atoms with Crippen LogP contribution in [0, 0.1) is 7.14 Å². The average molecular weight is 638 g/mol. The molecule has 5 nitrogen and oxygen atoms in total. The minimum atomic E-state index is -1.87. The highest BCUT2D eigenvalue weighted by Crippen LogP contribution is 2.30. The molecule has 2 N–H and O–H groups in total. The molecule has 0 heterocycles. The second kappa shape index (κ2) is 10.9. The van der Waals surface area contributed by atoms with Gasteiger partial charge in [0.2, 0.25) is 0 Å². The fourth-order valence-corrected chi connectivity index (χ4v) is 5.10. The van der Waals surface area contributed by atoms with Crippen LogP contribution in [-0.2, 0) is 10.4 Å². The number of carbonyl (C=O) groups excluding carboxylic acids is 1. The van der Waals surface area contributed by atoms with Crippen LogP contribution in [0.25, 0.3) is 0 Å². The van der Waals surface area contributed by atoms with Crippen LogP contribution in [0.3, 0.4) is 0 Å². The number of hydrazone groups is 1. The van der Waals surface area contributed by atoms with Gasteiger partial charge in [-0.15, -0.1) is 0 Å². The van der Waals surface area contributed by atoms with Crippen molar-refractivity contribution >= 4 is 57.3 Å². The Morgan fingerprint density at radius 1 is 1.03 bits per heavy atom. The molecular weight excluding hydrogens is 618 g/mol. The molecule has 0 aliphatic rings. The van der Waals surface area contributed by atoms with E-state index in [1.165, 1.54) is 6.21 Å². The first-order valence-electron chi connectivity index (χ1n) is 9.36. The topological polar surface area (TPSA) is 70.9 Å². The van der Waals surface area contributed by atoms with E-state index in [2.05, 4.69) is 62.3 Å². The van der Waals surface area contributed by atoms with Crippen molar-refractivity contribution in [2.24, 2.45) is 5.10 Å². The Morgan fingerprint density at radius 3 is 2.03 bits per heavy atom. The van der Waals surface area contributed by atoms with Gasteiger partial charge in [-0.05, 0) is 74.0 Å². The lowest BCUT2D eigenvalue weighted by atomic mass is 9.85. The molecule has 3 rings (SSSR count). The van der Waals surface area contributed by atoms with Gasteiger partial charge >= 0.3 is 0 Å². The fraction of sp³-hybridized carbons (Fsp3) is 0.0833. The van der Waals surface area contributed by atoms with Gasteiger partial charge in [0.25, 0.3) is 5.91 Å². The van der Waals surface area contributed by atoms with Gasteiger partial charge in [-0.3, -0.25) is 4.79 Å². The van der Waals surface area contributed by atoms with E-state index in [0.717, 1.165) is 18.5 Å². The van der Waals surface area contributed by atoms with E-state index in [1.807, 2.05) is 24.3 Å². The molecule has 158 valence electrons. The lowest BCUT2D eigenvalue weighted by Gasteiger charge is -2.27. The summed E-state index contributed by atoms with van der Waals surface area (Å²) in [6.07, 6.45) is 3.23. The summed E-state index contributed by atoms with van der Waals surface area (Å²) in [6, 6.07) is 21.4. The molecule has 0 unspecified atom stereocenters. The quantitative estimate of drug-likeness (QED) is 0.161. The van der Waals surface area contributed by atoms with Crippen LogP contribution >= 0.6 is 45.2 Å². The standard InChI is InChI=1S/C24H20I2N2O3/c1-2-13-31-22-20(25)14-17(15-21(22)26)16-27-28-23(29)24(30,18-9-5-3-6-10-18)19-11-7-4-8-12-19/h2-12,14-16,30H,1,13H2,(H,28,29)/b27-16+. The maximum absolute atomic E-state index is 13.1. The predicted octanol–water partition coefficient (Wildman–Crippen LogP) is 4.85. The second-order valence-electron chi connectivity index (χ2n) is 6.55. The molecule has 0 atom stereocenters. The summed E-state index contributed by atoms with van der Waals surface area (Å²) in [5, 5.41) is 15.5. The van der Waals surface area contributed by atoms with E-state index in [4.69, 9.17) is 4.74 Å². The molecule has 0 fully saturated rings. The van der Waals surface area contributed by atoms with Gasteiger partial charge in [-0.1, -0.05) is 73.3 Å². The van der Waals surface area contributed by atoms with Crippen LogP contribution in [0.4, 0.5) is 0 Å². The number of ether oxygens (including phenoxy) is 1. The highest BCUT2D eigenvalue weighted by molar-refractivity contribution is 14.1. The minimum absolute atomic E-state index is 0.424. The Hall–Kier alpha value is -2.24. The second-order valence-corrected chi connectivity index (χ2v) is 8.88. The van der Waals surface area contributed by atoms with Crippen molar-refractivity contribution in [1.82, 2.24) is 5.43 Å². The van der Waals surface area contributed by atoms with E-state index in [1.54, 1.807) is 54.6 Å². The van der Waals surface area contributed by atoms with Gasteiger partial charge in [0.15, 0.2) is 5.60 Å². The van der Waals surface area contributed by atoms with Gasteiger partial charge < -0.3 is 9.84 Å². The summed E-state index contributed by atoms with van der Waals surface area (Å²) in [5.41, 5.74) is 2.33. The molecule has 3 aromatic carbocycles. The number of amides is 1. The van der Waals surface area contributed by atoms with Crippen molar-refractivity contribution in [2.75, 3.05) is 6.61 Å². The monoisotopic (exact) mass is 638 g/mol. The summed E-state index contributed by atoms with van der Waals surface area (Å²) in [7, 11) is 0. The van der Waals surface area contributed by atoms with E-state index >= 15 is 0 Å². The van der Waals surface area contributed by atoms with Crippen LogP contribution in [0.15, 0.2) is 90.6 Å². The van der Waals surface area contributed by atoms with E-state index in [-0.39, 0.29) is 0 Å². The highest BCUT2D eigenvalue weighted by atomic mass is 127. The molecule has 3 aromatic rings. The number of rotatable bonds is 8. The Bertz CT molecular complexity index is 1020. The van der Waals surface area contributed by atoms with Crippen molar-refractivity contribution in [3.05, 3.63) is 109 Å². The number of nitrogens with zero attached hydrogens (tertiary/aromatic N) is 1. The van der Waals surface area contributed by atoms with Crippen molar-refractivity contribution in [3.8, 4) is 5.75 Å². The molecule has 31 heavy (non-hydrogen) atoms. The Labute approximate surface area is 208 Å². The van der Waals surface area contributed by atoms with E-state index in [9.17, 15) is 9.90 Å². The largest absolute Gasteiger partial charge is 0.487 e. The van der Waals surface area contributed by atoms with Crippen LogP contribution in [0.5, 0.6) is 5.75 Å². The third kappa shape index (κ3) is 5.52. The molecular formula is C24H20I2N2O3. The SMILES string of the molecule is C=CCOc1c(I)cc(/C=N/NC(=O)C(O)(c2ccccc2)c2ccccc2)cc1I. The predicted molar refractivity (Wildman–Crippen MR) is 139 cm³/mol. The Morgan fingerprint density at radius 2 is 1.55 bits per heavy atom. The summed E-state index contributed by atoms with van der Waals surface area (Å²) >= 11 is 4.38. The zero-order valence-corrected chi connectivity index (χ0v) is 20.8. The van der Waals surface area contributed by atoms with Crippen LogP contribution in [-0.4, -0.2) is 23.8 Å². The summed E-state index contributed by atoms with van der Waals surface area (Å²) in [6.45, 7) is 4.09. The van der Waals surface area contributed by atoms with Crippen molar-refractivity contribution in [2.45, 2.75) is 5.60 Å². The molecule has 0 saturated heterocycles. The number of hydrogen-bond acceptors (Lipinski definition) is 4. The lowest BCUT2D eigenvalue weighted by Crippen LogP contribution is -2.43. The first-order valence-corrected chi connectivity index (χ1v) is 11.5. The fourth-order valence-electron chi connectivity index (χ4n) is 2.97. The molecule has 0 aliphatic carbocycles. The summed E-state index contributed by atoms with van der Waals surface area (Å²) in [4.78, 5) is 13.1. The van der Waals surface area contributed by atoms with Crippen LogP contribution in [0.2, 0.25) is 0 Å². The minimum Gasteiger partial charge on any atom is -0.487 e. The molecule has 7 heteroatoms. The van der Waals surface area contributed by atoms with Gasteiger partial charge in [0.1, 0.15) is 12.4 Å². The maximum Gasteiger partial charge on any atom is 0.281 e. The number of halogens is 2. The molecule has 0 radical (unpaired) electrons. The van der Waals surface area contributed by atoms with Gasteiger partial charge in [0.05, 0.1) is 13.4 Å². The Kier molecular flexibility index (Phi) is 8.22. The van der Waals surface area contributed by atoms with Crippen LogP contribution < -0.4 is 10.2 Å². The molecule has 0 aliphatic heterocycles. The summed E-state index contributed by atoms with van der Waals surface area (Å²) < 4.78 is 7.52. The van der Waals surface area contributed by atoms with E-state index in [0.29, 0.717) is 17.7 Å². The smallest absolute Gasteiger partial charge is 0.281 e. The van der Waals surface area contributed by atoms with Crippen molar-refractivity contribution in [3.63, 3.8) is 0 Å². The number of benzene rings is 3.